The Hall–Kier alpha value is -0.807. The standard InChI is InChI=1S/C16H29NO5.Zn/c1-2-3-4-5-6-7-8-9-10-11-15(20)22-16(21)13(17)12-14(18)19;/h13H,2-12,17H2,1H3,(H,18,19);. The Morgan fingerprint density at radius 1 is 0.957 bits per heavy atom. The first-order valence-electron chi connectivity index (χ1n) is 8.19. The number of esters is 2. The van der Waals surface area contributed by atoms with Gasteiger partial charge in [-0.25, -0.2) is 4.79 Å². The average Bonchev–Trinajstić information content (AvgIpc) is 2.44. The van der Waals surface area contributed by atoms with E-state index >= 15 is 0 Å². The van der Waals surface area contributed by atoms with Gasteiger partial charge in [0.25, 0.3) is 0 Å². The van der Waals surface area contributed by atoms with Crippen LogP contribution in [0.1, 0.15) is 77.6 Å². The van der Waals surface area contributed by atoms with Gasteiger partial charge in [-0.1, -0.05) is 58.3 Å². The monoisotopic (exact) mass is 379 g/mol. The molecule has 0 fully saturated rings. The summed E-state index contributed by atoms with van der Waals surface area (Å²) in [5, 5.41) is 8.49. The molecular weight excluding hydrogens is 352 g/mol. The van der Waals surface area contributed by atoms with Gasteiger partial charge in [0.1, 0.15) is 6.04 Å². The SMILES string of the molecule is CCCCCCCCCCCC(=O)OC(=O)C(N)CC(=O)O.[Zn]. The molecular formula is C16H29NO5Zn. The molecule has 0 rings (SSSR count). The van der Waals surface area contributed by atoms with Crippen LogP contribution in [-0.4, -0.2) is 29.1 Å². The van der Waals surface area contributed by atoms with E-state index in [0.717, 1.165) is 12.8 Å². The fourth-order valence-electron chi connectivity index (χ4n) is 2.09. The smallest absolute Gasteiger partial charge is 0.331 e. The second-order valence-electron chi connectivity index (χ2n) is 5.58. The molecule has 0 aliphatic rings. The average molecular weight is 381 g/mol. The van der Waals surface area contributed by atoms with E-state index in [1.54, 1.807) is 0 Å². The quantitative estimate of drug-likeness (QED) is 0.220. The number of carboxylic acid groups (broad SMARTS) is 1. The van der Waals surface area contributed by atoms with Crippen LogP contribution in [0.5, 0.6) is 0 Å². The van der Waals surface area contributed by atoms with Gasteiger partial charge in [-0.05, 0) is 6.42 Å². The molecule has 6 nitrogen and oxygen atoms in total. The molecule has 23 heavy (non-hydrogen) atoms. The Morgan fingerprint density at radius 3 is 1.91 bits per heavy atom. The number of carbonyl (C=O) groups is 3. The topological polar surface area (TPSA) is 107 Å². The van der Waals surface area contributed by atoms with Crippen molar-refractivity contribution in [3.05, 3.63) is 0 Å². The number of carbonyl (C=O) groups excluding carboxylic acids is 2. The molecule has 0 aromatic heterocycles. The maximum atomic E-state index is 11.4. The maximum Gasteiger partial charge on any atom is 0.331 e. The third-order valence-electron chi connectivity index (χ3n) is 3.40. The van der Waals surface area contributed by atoms with Crippen LogP contribution in [0.3, 0.4) is 0 Å². The van der Waals surface area contributed by atoms with E-state index in [-0.39, 0.29) is 25.9 Å². The number of unbranched alkanes of at least 4 members (excludes halogenated alkanes) is 8. The Balaban J connectivity index is 0. The molecule has 1 atom stereocenters. The minimum atomic E-state index is -1.29. The van der Waals surface area contributed by atoms with Gasteiger partial charge in [0.05, 0.1) is 6.42 Å². The Bertz CT molecular complexity index is 349. The van der Waals surface area contributed by atoms with Crippen LogP contribution in [0.15, 0.2) is 0 Å². The first-order chi connectivity index (χ1) is 10.5. The van der Waals surface area contributed by atoms with Crippen molar-refractivity contribution in [3.63, 3.8) is 0 Å². The first kappa shape index (κ1) is 24.4. The molecule has 3 N–H and O–H groups in total. The van der Waals surface area contributed by atoms with Crippen molar-refractivity contribution in [2.75, 3.05) is 0 Å². The summed E-state index contributed by atoms with van der Waals surface area (Å²) in [7, 11) is 0. The largest absolute Gasteiger partial charge is 0.481 e. The zero-order valence-corrected chi connectivity index (χ0v) is 17.2. The van der Waals surface area contributed by atoms with Gasteiger partial charge in [-0.3, -0.25) is 9.59 Å². The van der Waals surface area contributed by atoms with Crippen molar-refractivity contribution < 1.29 is 43.7 Å². The number of rotatable bonds is 13. The summed E-state index contributed by atoms with van der Waals surface area (Å²) in [5.41, 5.74) is 5.30. The van der Waals surface area contributed by atoms with E-state index in [4.69, 9.17) is 10.8 Å². The van der Waals surface area contributed by atoms with E-state index < -0.39 is 30.4 Å². The molecule has 0 radical (unpaired) electrons. The van der Waals surface area contributed by atoms with Crippen molar-refractivity contribution in [1.82, 2.24) is 0 Å². The minimum Gasteiger partial charge on any atom is -0.481 e. The van der Waals surface area contributed by atoms with Gasteiger partial charge in [-0.2, -0.15) is 0 Å². The zero-order chi connectivity index (χ0) is 16.8. The van der Waals surface area contributed by atoms with Gasteiger partial charge >= 0.3 is 17.9 Å². The number of ether oxygens (including phenoxy) is 1. The van der Waals surface area contributed by atoms with Crippen LogP contribution < -0.4 is 5.73 Å². The Kier molecular flexibility index (Phi) is 17.1. The van der Waals surface area contributed by atoms with E-state index in [1.807, 2.05) is 0 Å². The van der Waals surface area contributed by atoms with Gasteiger partial charge in [-0.15, -0.1) is 0 Å². The maximum absolute atomic E-state index is 11.4. The van der Waals surface area contributed by atoms with Gasteiger partial charge < -0.3 is 15.6 Å². The molecule has 130 valence electrons. The van der Waals surface area contributed by atoms with Crippen molar-refractivity contribution in [2.45, 2.75) is 83.6 Å². The molecule has 0 spiro atoms. The normalized spacial score (nSPS) is 11.4. The number of aliphatic carboxylic acids is 1. The first-order valence-corrected chi connectivity index (χ1v) is 8.19. The van der Waals surface area contributed by atoms with Gasteiger partial charge in [0, 0.05) is 25.9 Å². The third-order valence-corrected chi connectivity index (χ3v) is 3.40. The number of nitrogens with two attached hydrogens (primary N) is 1. The van der Waals surface area contributed by atoms with Crippen LogP contribution in [0.4, 0.5) is 0 Å². The summed E-state index contributed by atoms with van der Waals surface area (Å²) in [5.74, 6) is -2.80. The van der Waals surface area contributed by atoms with Crippen molar-refractivity contribution >= 4 is 17.9 Å². The summed E-state index contributed by atoms with van der Waals surface area (Å²) in [6, 6.07) is -1.29. The van der Waals surface area contributed by atoms with E-state index in [9.17, 15) is 14.4 Å². The van der Waals surface area contributed by atoms with Crippen LogP contribution in [0.2, 0.25) is 0 Å². The molecule has 0 aliphatic heterocycles. The molecule has 0 amide bonds. The summed E-state index contributed by atoms with van der Waals surface area (Å²) in [4.78, 5) is 33.1. The Morgan fingerprint density at radius 2 is 1.43 bits per heavy atom. The third kappa shape index (κ3) is 15.9. The molecule has 0 aromatic carbocycles. The summed E-state index contributed by atoms with van der Waals surface area (Å²) < 4.78 is 4.52. The predicted octanol–water partition coefficient (Wildman–Crippen LogP) is 2.78. The van der Waals surface area contributed by atoms with Crippen LogP contribution in [0, 0.1) is 0 Å². The van der Waals surface area contributed by atoms with Crippen molar-refractivity contribution in [3.8, 4) is 0 Å². The van der Waals surface area contributed by atoms with E-state index in [1.165, 1.54) is 38.5 Å². The predicted molar refractivity (Wildman–Crippen MR) is 83.2 cm³/mol. The molecule has 0 heterocycles. The van der Waals surface area contributed by atoms with Crippen LogP contribution >= 0.6 is 0 Å². The van der Waals surface area contributed by atoms with Gasteiger partial charge in [0.2, 0.25) is 0 Å². The summed E-state index contributed by atoms with van der Waals surface area (Å²) in [6.07, 6.45) is 9.81. The minimum absolute atomic E-state index is 0. The fraction of sp³-hybridized carbons (Fsp3) is 0.812. The van der Waals surface area contributed by atoms with E-state index in [2.05, 4.69) is 11.7 Å². The number of carboxylic acids is 1. The summed E-state index contributed by atoms with van der Waals surface area (Å²) in [6.45, 7) is 2.19. The van der Waals surface area contributed by atoms with Crippen LogP contribution in [0.25, 0.3) is 0 Å². The Labute approximate surface area is 151 Å². The molecule has 1 unspecified atom stereocenters. The molecule has 0 aromatic rings. The van der Waals surface area contributed by atoms with Crippen molar-refractivity contribution in [2.24, 2.45) is 5.73 Å². The molecule has 0 saturated carbocycles. The van der Waals surface area contributed by atoms with Gasteiger partial charge in [0.15, 0.2) is 0 Å². The zero-order valence-electron chi connectivity index (χ0n) is 14.2. The number of hydrogen-bond donors (Lipinski definition) is 2. The summed E-state index contributed by atoms with van der Waals surface area (Å²) >= 11 is 0. The van der Waals surface area contributed by atoms with Crippen molar-refractivity contribution in [1.29, 1.82) is 0 Å². The molecule has 7 heteroatoms. The van der Waals surface area contributed by atoms with Crippen LogP contribution in [-0.2, 0) is 38.6 Å². The molecule has 0 bridgehead atoms. The second-order valence-corrected chi connectivity index (χ2v) is 5.58. The molecule has 0 aliphatic carbocycles. The number of hydrogen-bond acceptors (Lipinski definition) is 5. The second kappa shape index (κ2) is 16.1. The van der Waals surface area contributed by atoms with E-state index in [0.29, 0.717) is 6.42 Å². The fourth-order valence-corrected chi connectivity index (χ4v) is 2.09. The molecule has 0 saturated heterocycles.